The number of guanidine groups is 2. The van der Waals surface area contributed by atoms with Gasteiger partial charge in [-0.3, -0.25) is 9.69 Å². The summed E-state index contributed by atoms with van der Waals surface area (Å²) >= 11 is 5.98. The Morgan fingerprint density at radius 3 is 2.48 bits per heavy atom. The van der Waals surface area contributed by atoms with Gasteiger partial charge < -0.3 is 16.8 Å². The molecule has 1 aliphatic heterocycles. The Balaban J connectivity index is 1.58. The number of rotatable bonds is 3. The monoisotopic (exact) mass is 410 g/mol. The molecule has 1 saturated carbocycles. The molecule has 2 aliphatic rings. The van der Waals surface area contributed by atoms with Crippen LogP contribution in [-0.2, 0) is 0 Å². The molecule has 150 valence electrons. The van der Waals surface area contributed by atoms with E-state index in [1.54, 1.807) is 36.4 Å². The smallest absolute Gasteiger partial charge is 0.255 e. The van der Waals surface area contributed by atoms with Crippen LogP contribution in [0.25, 0.3) is 0 Å². The number of benzene rings is 2. The van der Waals surface area contributed by atoms with Crippen molar-refractivity contribution in [3.63, 3.8) is 0 Å². The van der Waals surface area contributed by atoms with E-state index < -0.39 is 5.66 Å². The molecule has 0 unspecified atom stereocenters. The maximum absolute atomic E-state index is 12.6. The van der Waals surface area contributed by atoms with Crippen LogP contribution in [0.4, 0.5) is 11.4 Å². The minimum Gasteiger partial charge on any atom is -0.369 e. The van der Waals surface area contributed by atoms with Crippen LogP contribution in [0.15, 0.2) is 58.5 Å². The van der Waals surface area contributed by atoms with Gasteiger partial charge in [0.15, 0.2) is 0 Å². The minimum atomic E-state index is -0.501. The summed E-state index contributed by atoms with van der Waals surface area (Å²) in [5, 5.41) is 3.41. The molecule has 5 N–H and O–H groups in total. The first-order valence-electron chi connectivity index (χ1n) is 9.64. The molecule has 0 atom stereocenters. The number of halogens is 1. The number of amides is 1. The third-order valence-corrected chi connectivity index (χ3v) is 5.56. The lowest BCUT2D eigenvalue weighted by Crippen LogP contribution is -2.58. The molecule has 1 amide bonds. The van der Waals surface area contributed by atoms with Crippen molar-refractivity contribution in [1.29, 1.82) is 0 Å². The first-order chi connectivity index (χ1) is 14.0. The lowest BCUT2D eigenvalue weighted by molar-refractivity contribution is 0.102. The highest BCUT2D eigenvalue weighted by molar-refractivity contribution is 6.31. The second kappa shape index (κ2) is 7.75. The van der Waals surface area contributed by atoms with Gasteiger partial charge in [-0.1, -0.05) is 24.1 Å². The molecule has 1 heterocycles. The Morgan fingerprint density at radius 2 is 1.79 bits per heavy atom. The number of hydrogen-bond donors (Lipinski definition) is 3. The summed E-state index contributed by atoms with van der Waals surface area (Å²) in [4.78, 5) is 23.3. The van der Waals surface area contributed by atoms with Crippen molar-refractivity contribution in [3.8, 4) is 0 Å². The molecule has 8 heteroatoms. The summed E-state index contributed by atoms with van der Waals surface area (Å²) in [5.41, 5.74) is 13.7. The number of carbonyl (C=O) groups excluding carboxylic acids is 1. The Hall–Kier alpha value is -3.06. The van der Waals surface area contributed by atoms with Crippen molar-refractivity contribution < 1.29 is 4.79 Å². The predicted molar refractivity (Wildman–Crippen MR) is 117 cm³/mol. The average Bonchev–Trinajstić information content (AvgIpc) is 2.68. The van der Waals surface area contributed by atoms with Gasteiger partial charge in [0.1, 0.15) is 5.66 Å². The molecule has 0 bridgehead atoms. The number of hydrogen-bond acceptors (Lipinski definition) is 6. The van der Waals surface area contributed by atoms with Crippen LogP contribution in [0.5, 0.6) is 0 Å². The molecule has 0 aromatic heterocycles. The van der Waals surface area contributed by atoms with E-state index in [9.17, 15) is 4.79 Å². The van der Waals surface area contributed by atoms with Crippen LogP contribution in [-0.4, -0.2) is 23.5 Å². The van der Waals surface area contributed by atoms with E-state index in [4.69, 9.17) is 23.1 Å². The lowest BCUT2D eigenvalue weighted by atomic mass is 9.87. The van der Waals surface area contributed by atoms with Gasteiger partial charge in [-0.15, -0.1) is 0 Å². The van der Waals surface area contributed by atoms with Crippen molar-refractivity contribution in [1.82, 2.24) is 0 Å². The highest BCUT2D eigenvalue weighted by Crippen LogP contribution is 2.39. The quantitative estimate of drug-likeness (QED) is 0.716. The van der Waals surface area contributed by atoms with Gasteiger partial charge in [0.05, 0.1) is 0 Å². The van der Waals surface area contributed by atoms with E-state index >= 15 is 0 Å². The molecular formula is C21H23ClN6O. The van der Waals surface area contributed by atoms with Gasteiger partial charge in [0, 0.05) is 22.0 Å². The maximum Gasteiger partial charge on any atom is 0.255 e. The zero-order chi connectivity index (χ0) is 20.4. The standard InChI is InChI=1S/C21H23ClN6O/c22-15-5-4-6-16(13-15)25-18(29)14-7-9-17(10-8-14)28-20(24)26-19(23)27-21(28)11-2-1-3-12-21/h4-10,13H,1-3,11-12H2,(H,25,29)(H4,23,24,26,27). The first-order valence-corrected chi connectivity index (χ1v) is 10.0. The number of aliphatic imine (C=N–C) groups is 2. The fourth-order valence-electron chi connectivity index (χ4n) is 4.03. The van der Waals surface area contributed by atoms with Crippen molar-refractivity contribution in [3.05, 3.63) is 59.1 Å². The average molecular weight is 411 g/mol. The Morgan fingerprint density at radius 1 is 1.07 bits per heavy atom. The molecule has 0 saturated heterocycles. The van der Waals surface area contributed by atoms with Crippen molar-refractivity contribution in [2.45, 2.75) is 37.8 Å². The fraction of sp³-hybridized carbons (Fsp3) is 0.286. The highest BCUT2D eigenvalue weighted by atomic mass is 35.5. The normalized spacial score (nSPS) is 18.2. The third kappa shape index (κ3) is 3.91. The molecule has 1 aliphatic carbocycles. The van der Waals surface area contributed by atoms with Crippen LogP contribution in [0.1, 0.15) is 42.5 Å². The summed E-state index contributed by atoms with van der Waals surface area (Å²) in [5.74, 6) is 0.336. The molecule has 2 aromatic carbocycles. The molecule has 7 nitrogen and oxygen atoms in total. The van der Waals surface area contributed by atoms with E-state index in [1.165, 1.54) is 6.42 Å². The SMILES string of the molecule is NC1=NC2(CCCCC2)N(c2ccc(C(=O)Nc3cccc(Cl)c3)cc2)C(N)=N1. The zero-order valence-corrected chi connectivity index (χ0v) is 16.7. The lowest BCUT2D eigenvalue weighted by Gasteiger charge is -2.45. The van der Waals surface area contributed by atoms with E-state index in [0.29, 0.717) is 22.2 Å². The van der Waals surface area contributed by atoms with Crippen LogP contribution in [0, 0.1) is 0 Å². The second-order valence-electron chi connectivity index (χ2n) is 7.33. The van der Waals surface area contributed by atoms with Gasteiger partial charge in [0.25, 0.3) is 5.91 Å². The summed E-state index contributed by atoms with van der Waals surface area (Å²) < 4.78 is 0. The van der Waals surface area contributed by atoms with Gasteiger partial charge >= 0.3 is 0 Å². The van der Waals surface area contributed by atoms with E-state index in [1.807, 2.05) is 17.0 Å². The topological polar surface area (TPSA) is 109 Å². The number of nitrogens with zero attached hydrogens (tertiary/aromatic N) is 3. The molecule has 2 aromatic rings. The Bertz CT molecular complexity index is 979. The highest BCUT2D eigenvalue weighted by Gasteiger charge is 2.42. The second-order valence-corrected chi connectivity index (χ2v) is 7.77. The summed E-state index contributed by atoms with van der Waals surface area (Å²) in [7, 11) is 0. The van der Waals surface area contributed by atoms with Crippen LogP contribution >= 0.6 is 11.6 Å². The number of carbonyl (C=O) groups is 1. The van der Waals surface area contributed by atoms with E-state index in [2.05, 4.69) is 15.3 Å². The van der Waals surface area contributed by atoms with Gasteiger partial charge in [-0.05, 0) is 68.1 Å². The largest absolute Gasteiger partial charge is 0.369 e. The van der Waals surface area contributed by atoms with Gasteiger partial charge in [-0.2, -0.15) is 4.99 Å². The molecule has 4 rings (SSSR count). The van der Waals surface area contributed by atoms with Crippen LogP contribution < -0.4 is 21.7 Å². The molecule has 0 radical (unpaired) electrons. The number of nitrogens with two attached hydrogens (primary N) is 2. The summed E-state index contributed by atoms with van der Waals surface area (Å²) in [6.45, 7) is 0. The summed E-state index contributed by atoms with van der Waals surface area (Å²) in [6.07, 6.45) is 5.01. The maximum atomic E-state index is 12.6. The Kier molecular flexibility index (Phi) is 5.15. The molecular weight excluding hydrogens is 388 g/mol. The molecule has 1 spiro atoms. The van der Waals surface area contributed by atoms with Gasteiger partial charge in [0.2, 0.25) is 11.9 Å². The summed E-state index contributed by atoms with van der Waals surface area (Å²) in [6, 6.07) is 14.3. The van der Waals surface area contributed by atoms with Crippen molar-refractivity contribution in [2.75, 3.05) is 10.2 Å². The predicted octanol–water partition coefficient (Wildman–Crippen LogP) is 3.70. The molecule has 29 heavy (non-hydrogen) atoms. The van der Waals surface area contributed by atoms with E-state index in [0.717, 1.165) is 31.4 Å². The molecule has 1 fully saturated rings. The van der Waals surface area contributed by atoms with E-state index in [-0.39, 0.29) is 11.9 Å². The van der Waals surface area contributed by atoms with Crippen molar-refractivity contribution in [2.24, 2.45) is 21.5 Å². The number of nitrogens with one attached hydrogen (secondary N) is 1. The zero-order valence-electron chi connectivity index (χ0n) is 15.9. The van der Waals surface area contributed by atoms with Crippen molar-refractivity contribution >= 4 is 40.8 Å². The van der Waals surface area contributed by atoms with Crippen LogP contribution in [0.3, 0.4) is 0 Å². The first kappa shape index (κ1) is 19.3. The minimum absolute atomic E-state index is 0.214. The Labute approximate surface area is 174 Å². The van der Waals surface area contributed by atoms with Crippen LogP contribution in [0.2, 0.25) is 5.02 Å². The number of anilines is 2. The fourth-order valence-corrected chi connectivity index (χ4v) is 4.22. The van der Waals surface area contributed by atoms with Gasteiger partial charge in [-0.25, -0.2) is 4.99 Å². The third-order valence-electron chi connectivity index (χ3n) is 5.32.